The second kappa shape index (κ2) is 9.28. The van der Waals surface area contributed by atoms with E-state index in [1.807, 2.05) is 54.7 Å². The lowest BCUT2D eigenvalue weighted by molar-refractivity contribution is -0.162. The number of aromatic amines is 1. The van der Waals surface area contributed by atoms with E-state index in [-0.39, 0.29) is 13.2 Å². The molecule has 1 N–H and O–H groups in total. The van der Waals surface area contributed by atoms with Gasteiger partial charge in [0.25, 0.3) is 0 Å². The van der Waals surface area contributed by atoms with Gasteiger partial charge in [-0.3, -0.25) is 9.59 Å². The molecule has 1 atom stereocenters. The van der Waals surface area contributed by atoms with Gasteiger partial charge in [-0.1, -0.05) is 36.4 Å². The monoisotopic (exact) mass is 395 g/mol. The lowest BCUT2D eigenvalue weighted by Gasteiger charge is -2.25. The van der Waals surface area contributed by atoms with Crippen LogP contribution in [0.4, 0.5) is 0 Å². The molecule has 6 heteroatoms. The summed E-state index contributed by atoms with van der Waals surface area (Å²) in [7, 11) is 1.59. The van der Waals surface area contributed by atoms with Crippen molar-refractivity contribution in [2.45, 2.75) is 19.8 Å². The number of fused-ring (bicyclic) bond motifs is 1. The van der Waals surface area contributed by atoms with E-state index in [1.165, 1.54) is 0 Å². The topological polar surface area (TPSA) is 77.6 Å². The minimum Gasteiger partial charge on any atom is -0.496 e. The van der Waals surface area contributed by atoms with Gasteiger partial charge in [-0.05, 0) is 37.1 Å². The van der Waals surface area contributed by atoms with Crippen LogP contribution in [0.3, 0.4) is 0 Å². The molecule has 0 spiro atoms. The first-order chi connectivity index (χ1) is 14.1. The van der Waals surface area contributed by atoms with E-state index in [0.717, 1.165) is 22.0 Å². The first kappa shape index (κ1) is 20.5. The van der Waals surface area contributed by atoms with Gasteiger partial charge >= 0.3 is 11.9 Å². The Morgan fingerprint density at radius 1 is 0.931 bits per heavy atom. The van der Waals surface area contributed by atoms with Crippen molar-refractivity contribution in [3.63, 3.8) is 0 Å². The maximum absolute atomic E-state index is 12.9. The lowest BCUT2D eigenvalue weighted by atomic mass is 9.80. The van der Waals surface area contributed by atoms with Crippen molar-refractivity contribution in [1.29, 1.82) is 0 Å². The van der Waals surface area contributed by atoms with Crippen LogP contribution in [0.1, 0.15) is 30.9 Å². The highest BCUT2D eigenvalue weighted by atomic mass is 16.6. The molecular formula is C23H25NO5. The molecule has 0 unspecified atom stereocenters. The third kappa shape index (κ3) is 4.11. The number of carbonyl (C=O) groups is 2. The van der Waals surface area contributed by atoms with Gasteiger partial charge in [-0.15, -0.1) is 0 Å². The van der Waals surface area contributed by atoms with Crippen molar-refractivity contribution in [2.24, 2.45) is 5.92 Å². The van der Waals surface area contributed by atoms with Crippen LogP contribution in [-0.2, 0) is 19.1 Å². The SMILES string of the molecule is CCOC(=O)C(C(=O)OCC)[C@H](c1ccccc1)c1c[nH]c2cccc(OC)c12. The molecule has 0 bridgehead atoms. The average molecular weight is 395 g/mol. The van der Waals surface area contributed by atoms with Gasteiger partial charge in [-0.2, -0.15) is 0 Å². The number of benzene rings is 2. The lowest BCUT2D eigenvalue weighted by Crippen LogP contribution is -2.34. The zero-order chi connectivity index (χ0) is 20.8. The highest BCUT2D eigenvalue weighted by Crippen LogP contribution is 2.41. The summed E-state index contributed by atoms with van der Waals surface area (Å²) in [6, 6.07) is 15.1. The molecule has 2 aromatic carbocycles. The van der Waals surface area contributed by atoms with E-state index in [1.54, 1.807) is 21.0 Å². The zero-order valence-electron chi connectivity index (χ0n) is 16.8. The van der Waals surface area contributed by atoms with Crippen molar-refractivity contribution in [2.75, 3.05) is 20.3 Å². The summed E-state index contributed by atoms with van der Waals surface area (Å²) in [4.78, 5) is 29.0. The van der Waals surface area contributed by atoms with E-state index in [2.05, 4.69) is 4.98 Å². The van der Waals surface area contributed by atoms with Gasteiger partial charge in [0.05, 0.1) is 20.3 Å². The molecule has 3 rings (SSSR count). The van der Waals surface area contributed by atoms with E-state index < -0.39 is 23.8 Å². The van der Waals surface area contributed by atoms with Crippen molar-refractivity contribution in [3.8, 4) is 5.75 Å². The van der Waals surface area contributed by atoms with E-state index in [9.17, 15) is 9.59 Å². The van der Waals surface area contributed by atoms with Crippen molar-refractivity contribution in [1.82, 2.24) is 4.98 Å². The third-order valence-corrected chi connectivity index (χ3v) is 4.83. The number of methoxy groups -OCH3 is 1. The Kier molecular flexibility index (Phi) is 6.54. The number of esters is 2. The molecule has 0 radical (unpaired) electrons. The molecule has 1 aromatic heterocycles. The Balaban J connectivity index is 2.25. The van der Waals surface area contributed by atoms with E-state index in [0.29, 0.717) is 5.75 Å². The maximum atomic E-state index is 12.9. The van der Waals surface area contributed by atoms with Crippen LogP contribution >= 0.6 is 0 Å². The quantitative estimate of drug-likeness (QED) is 0.460. The van der Waals surface area contributed by atoms with Crippen LogP contribution in [0.25, 0.3) is 10.9 Å². The van der Waals surface area contributed by atoms with Crippen LogP contribution in [-0.4, -0.2) is 37.2 Å². The van der Waals surface area contributed by atoms with Crippen LogP contribution in [0.5, 0.6) is 5.75 Å². The summed E-state index contributed by atoms with van der Waals surface area (Å²) in [6.45, 7) is 3.78. The number of carbonyl (C=O) groups excluding carboxylic acids is 2. The molecule has 0 aliphatic carbocycles. The molecule has 1 heterocycles. The number of hydrogen-bond acceptors (Lipinski definition) is 5. The molecule has 29 heavy (non-hydrogen) atoms. The van der Waals surface area contributed by atoms with Gasteiger partial charge in [0.2, 0.25) is 0 Å². The fourth-order valence-corrected chi connectivity index (χ4v) is 3.64. The van der Waals surface area contributed by atoms with Gasteiger partial charge in [0.15, 0.2) is 5.92 Å². The first-order valence-electron chi connectivity index (χ1n) is 9.64. The maximum Gasteiger partial charge on any atom is 0.321 e. The fourth-order valence-electron chi connectivity index (χ4n) is 3.64. The Hall–Kier alpha value is -3.28. The van der Waals surface area contributed by atoms with Crippen molar-refractivity contribution >= 4 is 22.8 Å². The predicted octanol–water partition coefficient (Wildman–Crippen LogP) is 4.05. The molecule has 0 saturated heterocycles. The Labute approximate surface area is 169 Å². The molecule has 0 aliphatic heterocycles. The normalized spacial score (nSPS) is 12.0. The number of ether oxygens (including phenoxy) is 3. The number of rotatable bonds is 8. The average Bonchev–Trinajstić information content (AvgIpc) is 3.16. The van der Waals surface area contributed by atoms with Crippen molar-refractivity contribution < 1.29 is 23.8 Å². The van der Waals surface area contributed by atoms with Crippen LogP contribution in [0, 0.1) is 5.92 Å². The molecule has 3 aromatic rings. The summed E-state index contributed by atoms with van der Waals surface area (Å²) < 4.78 is 16.1. The molecule has 0 amide bonds. The highest BCUT2D eigenvalue weighted by Gasteiger charge is 2.40. The largest absolute Gasteiger partial charge is 0.496 e. The van der Waals surface area contributed by atoms with Gasteiger partial charge < -0.3 is 19.2 Å². The number of hydrogen-bond donors (Lipinski definition) is 1. The van der Waals surface area contributed by atoms with Crippen LogP contribution < -0.4 is 4.74 Å². The number of H-pyrrole nitrogens is 1. The van der Waals surface area contributed by atoms with Gasteiger partial charge in [0, 0.05) is 23.0 Å². The zero-order valence-corrected chi connectivity index (χ0v) is 16.8. The Bertz CT molecular complexity index is 961. The van der Waals surface area contributed by atoms with Gasteiger partial charge in [0.1, 0.15) is 5.75 Å². The number of aromatic nitrogens is 1. The van der Waals surface area contributed by atoms with E-state index in [4.69, 9.17) is 14.2 Å². The second-order valence-corrected chi connectivity index (χ2v) is 6.50. The summed E-state index contributed by atoms with van der Waals surface area (Å²) in [5.41, 5.74) is 2.44. The van der Waals surface area contributed by atoms with Crippen LogP contribution in [0.2, 0.25) is 0 Å². The summed E-state index contributed by atoms with van der Waals surface area (Å²) >= 11 is 0. The standard InChI is InChI=1S/C23H25NO5/c1-4-28-22(25)21(23(26)29-5-2)19(15-10-7-6-8-11-15)16-14-24-17-12-9-13-18(27-3)20(16)17/h6-14,19,21,24H,4-5H2,1-3H3/t19-/m1/s1. The number of nitrogens with one attached hydrogen (secondary N) is 1. The molecule has 6 nitrogen and oxygen atoms in total. The Morgan fingerprint density at radius 3 is 2.17 bits per heavy atom. The summed E-state index contributed by atoms with van der Waals surface area (Å²) in [6.07, 6.45) is 1.82. The first-order valence-corrected chi connectivity index (χ1v) is 9.64. The van der Waals surface area contributed by atoms with Gasteiger partial charge in [-0.25, -0.2) is 0 Å². The molecule has 0 fully saturated rings. The second-order valence-electron chi connectivity index (χ2n) is 6.50. The minimum absolute atomic E-state index is 0.174. The summed E-state index contributed by atoms with van der Waals surface area (Å²) in [5, 5.41) is 0.822. The molecule has 0 saturated carbocycles. The molecule has 152 valence electrons. The van der Waals surface area contributed by atoms with Crippen LogP contribution in [0.15, 0.2) is 54.7 Å². The highest BCUT2D eigenvalue weighted by molar-refractivity contribution is 5.99. The minimum atomic E-state index is -1.14. The molecular weight excluding hydrogens is 370 g/mol. The molecule has 0 aliphatic rings. The third-order valence-electron chi connectivity index (χ3n) is 4.83. The van der Waals surface area contributed by atoms with Crippen molar-refractivity contribution in [3.05, 3.63) is 65.9 Å². The summed E-state index contributed by atoms with van der Waals surface area (Å²) in [5.74, 6) is -2.29. The fraction of sp³-hybridized carbons (Fsp3) is 0.304. The smallest absolute Gasteiger partial charge is 0.321 e. The van der Waals surface area contributed by atoms with E-state index >= 15 is 0 Å². The predicted molar refractivity (Wildman–Crippen MR) is 110 cm³/mol. The Morgan fingerprint density at radius 2 is 1.59 bits per heavy atom.